The minimum absolute atomic E-state index is 0.147. The molecule has 2 aromatic rings. The summed E-state index contributed by atoms with van der Waals surface area (Å²) in [5.74, 6) is 0. The van der Waals surface area contributed by atoms with Crippen molar-refractivity contribution in [3.63, 3.8) is 0 Å². The molecule has 0 amide bonds. The number of hydrogen-bond acceptors (Lipinski definition) is 6. The third kappa shape index (κ3) is 2.05. The van der Waals surface area contributed by atoms with Gasteiger partial charge in [0.15, 0.2) is 0 Å². The van der Waals surface area contributed by atoms with Crippen molar-refractivity contribution >= 4 is 37.7 Å². The zero-order chi connectivity index (χ0) is 13.6. The van der Waals surface area contributed by atoms with Gasteiger partial charge < -0.3 is 0 Å². The molecule has 4 atom stereocenters. The van der Waals surface area contributed by atoms with E-state index in [4.69, 9.17) is 11.6 Å². The molecule has 1 saturated heterocycles. The van der Waals surface area contributed by atoms with Crippen LogP contribution in [0.15, 0.2) is 12.7 Å². The van der Waals surface area contributed by atoms with Crippen LogP contribution in [0.1, 0.15) is 4.94 Å². The monoisotopic (exact) mass is 350 g/mol. The second-order valence-electron chi connectivity index (χ2n) is 4.22. The molecule has 3 rings (SSSR count). The van der Waals surface area contributed by atoms with Gasteiger partial charge in [-0.3, -0.25) is 0 Å². The second-order valence-corrected chi connectivity index (χ2v) is 7.43. The number of nitrogens with zero attached hydrogens (tertiary/aromatic N) is 4. The molecule has 7 nitrogen and oxygen atoms in total. The third-order valence-electron chi connectivity index (χ3n) is 3.11. The summed E-state index contributed by atoms with van der Waals surface area (Å²) in [6.07, 6.45) is 0.971. The summed E-state index contributed by atoms with van der Waals surface area (Å²) < 4.78 is 1.70. The Morgan fingerprint density at radius 1 is 1.26 bits per heavy atom. The van der Waals surface area contributed by atoms with Crippen molar-refractivity contribution < 1.29 is 15.3 Å². The predicted octanol–water partition coefficient (Wildman–Crippen LogP) is -0.801. The molecule has 102 valence electrons. The number of fused-ring (bicyclic) bond motifs is 1. The number of aliphatic hydroxyl groups excluding tert-OH is 3. The molecule has 2 aromatic heterocycles. The first kappa shape index (κ1) is 13.2. The molecule has 19 heavy (non-hydrogen) atoms. The molecule has 0 spiro atoms. The molecule has 3 N–H and O–H groups in total. The Hall–Kier alpha value is -0.761. The van der Waals surface area contributed by atoms with E-state index in [0.717, 1.165) is 0 Å². The predicted molar refractivity (Wildman–Crippen MR) is 68.0 cm³/mol. The molecule has 1 fully saturated rings. The van der Waals surface area contributed by atoms with Crippen LogP contribution in [-0.2, 0) is 0 Å². The van der Waals surface area contributed by atoms with Crippen LogP contribution in [0.25, 0.3) is 11.2 Å². The summed E-state index contributed by atoms with van der Waals surface area (Å²) in [5.41, 5.74) is 0.991. The number of aromatic nitrogens is 4. The maximum atomic E-state index is 10.1. The van der Waals surface area contributed by atoms with Crippen molar-refractivity contribution in [2.45, 2.75) is 22.0 Å². The third-order valence-corrected chi connectivity index (χ3v) is 6.67. The Morgan fingerprint density at radius 3 is 2.74 bits per heavy atom. The van der Waals surface area contributed by atoms with Crippen molar-refractivity contribution in [2.75, 3.05) is 6.61 Å². The van der Waals surface area contributed by atoms with Crippen LogP contribution in [0.3, 0.4) is 0 Å². The zero-order valence-electron chi connectivity index (χ0n) is 9.59. The summed E-state index contributed by atoms with van der Waals surface area (Å²) >= 11 is 5.86. The van der Waals surface area contributed by atoms with Gasteiger partial charge in [-0.15, -0.1) is 0 Å². The van der Waals surface area contributed by atoms with Crippen molar-refractivity contribution in [1.82, 2.24) is 19.5 Å². The Bertz CT molecular complexity index is 609. The average molecular weight is 350 g/mol. The van der Waals surface area contributed by atoms with Crippen LogP contribution < -0.4 is 0 Å². The number of aliphatic hydroxyl groups is 3. The topological polar surface area (TPSA) is 104 Å². The Morgan fingerprint density at radius 2 is 2.05 bits per heavy atom. The van der Waals surface area contributed by atoms with E-state index in [1.807, 2.05) is 0 Å². The first-order valence-corrected chi connectivity index (χ1v) is 7.94. The van der Waals surface area contributed by atoms with Crippen molar-refractivity contribution in [3.05, 3.63) is 17.8 Å². The van der Waals surface area contributed by atoms with Gasteiger partial charge in [0.2, 0.25) is 0 Å². The minimum atomic E-state index is -0.953. The van der Waals surface area contributed by atoms with Gasteiger partial charge >= 0.3 is 119 Å². The van der Waals surface area contributed by atoms with Gasteiger partial charge in [0.1, 0.15) is 0 Å². The normalized spacial score (nSPS) is 31.2. The van der Waals surface area contributed by atoms with Crippen molar-refractivity contribution in [1.29, 1.82) is 0 Å². The van der Waals surface area contributed by atoms with E-state index in [-0.39, 0.29) is 36.5 Å². The van der Waals surface area contributed by atoms with Crippen LogP contribution in [0.2, 0.25) is 9.97 Å². The van der Waals surface area contributed by atoms with Gasteiger partial charge in [-0.2, -0.15) is 0 Å². The molecule has 0 aliphatic carbocycles. The van der Waals surface area contributed by atoms with Gasteiger partial charge in [-0.25, -0.2) is 0 Å². The summed E-state index contributed by atoms with van der Waals surface area (Å²) in [4.78, 5) is 11.4. The van der Waals surface area contributed by atoms with E-state index < -0.39 is 12.2 Å². The number of halogens is 1. The number of imidazole rings is 1. The van der Waals surface area contributed by atoms with E-state index in [0.29, 0.717) is 11.2 Å². The van der Waals surface area contributed by atoms with Crippen LogP contribution >= 0.6 is 11.6 Å². The molecular weight excluding hydrogens is 339 g/mol. The molecule has 0 bridgehead atoms. The summed E-state index contributed by atoms with van der Waals surface area (Å²) in [5, 5.41) is 29.4. The fraction of sp³-hybridized carbons (Fsp3) is 0.500. The summed E-state index contributed by atoms with van der Waals surface area (Å²) in [7, 11) is 0. The number of hydrogen-bond donors (Lipinski definition) is 3. The Labute approximate surface area is 119 Å². The Kier molecular flexibility index (Phi) is 3.46. The van der Waals surface area contributed by atoms with Gasteiger partial charge in [0.05, 0.1) is 0 Å². The van der Waals surface area contributed by atoms with E-state index in [2.05, 4.69) is 15.0 Å². The fourth-order valence-electron chi connectivity index (χ4n) is 2.14. The van der Waals surface area contributed by atoms with E-state index in [1.54, 1.807) is 4.57 Å². The molecule has 0 radical (unpaired) electrons. The molecule has 0 unspecified atom stereocenters. The quantitative estimate of drug-likeness (QED) is 0.484. The van der Waals surface area contributed by atoms with Crippen molar-refractivity contribution in [3.8, 4) is 0 Å². The maximum absolute atomic E-state index is 10.1. The first-order valence-electron chi connectivity index (χ1n) is 5.59. The summed E-state index contributed by atoms with van der Waals surface area (Å²) in [6, 6.07) is 0. The first-order chi connectivity index (χ1) is 9.13. The second kappa shape index (κ2) is 4.97. The molecule has 3 heterocycles. The van der Waals surface area contributed by atoms with Gasteiger partial charge in [0.25, 0.3) is 0 Å². The van der Waals surface area contributed by atoms with Crippen LogP contribution in [-0.4, -0.2) is 68.6 Å². The molecule has 1 aliphatic heterocycles. The standard InChI is InChI=1S/C10H11ClN4O3Se/c11-8-5-9(13-2-12-8)14-3-15(5)10-7(18)6(17)4(1-16)19-10/h2-4,6-7,10,16-18H,1H2/t4-,6-,7-,10-/m1/s1. The van der Waals surface area contributed by atoms with E-state index in [9.17, 15) is 15.3 Å². The van der Waals surface area contributed by atoms with Gasteiger partial charge in [-0.05, 0) is 0 Å². The average Bonchev–Trinajstić information content (AvgIpc) is 2.94. The molecule has 1 aliphatic rings. The van der Waals surface area contributed by atoms with E-state index in [1.165, 1.54) is 12.7 Å². The molecule has 9 heteroatoms. The fourth-order valence-corrected chi connectivity index (χ4v) is 5.26. The van der Waals surface area contributed by atoms with Crippen LogP contribution in [0, 0.1) is 0 Å². The Balaban J connectivity index is 2.06. The molecule has 0 saturated carbocycles. The van der Waals surface area contributed by atoms with Gasteiger partial charge in [0, 0.05) is 0 Å². The molecular formula is C10H11ClN4O3Se. The number of rotatable bonds is 2. The summed E-state index contributed by atoms with van der Waals surface area (Å²) in [6.45, 7) is -0.147. The van der Waals surface area contributed by atoms with E-state index >= 15 is 0 Å². The SMILES string of the molecule is OC[C@H]1[Se][C@@H](n2cnc3ncnc(Cl)c32)[C@H](O)[C@@H]1O. The van der Waals surface area contributed by atoms with Gasteiger partial charge in [-0.1, -0.05) is 0 Å². The molecule has 0 aromatic carbocycles. The van der Waals surface area contributed by atoms with Crippen LogP contribution in [0.5, 0.6) is 0 Å². The van der Waals surface area contributed by atoms with Crippen molar-refractivity contribution in [2.24, 2.45) is 0 Å². The zero-order valence-corrected chi connectivity index (χ0v) is 12.1. The van der Waals surface area contributed by atoms with Crippen LogP contribution in [0.4, 0.5) is 0 Å².